The van der Waals surface area contributed by atoms with Gasteiger partial charge in [-0.15, -0.1) is 0 Å². The van der Waals surface area contributed by atoms with Crippen LogP contribution in [0.15, 0.2) is 41.5 Å². The summed E-state index contributed by atoms with van der Waals surface area (Å²) in [5.74, 6) is 2.27. The quantitative estimate of drug-likeness (QED) is 0.219. The van der Waals surface area contributed by atoms with Gasteiger partial charge in [-0.3, -0.25) is 9.59 Å². The molecule has 4 aliphatic rings. The predicted molar refractivity (Wildman–Crippen MR) is 131 cm³/mol. The van der Waals surface area contributed by atoms with Gasteiger partial charge in [0.05, 0.1) is 5.57 Å². The van der Waals surface area contributed by atoms with E-state index in [4.69, 9.17) is 4.74 Å². The Morgan fingerprint density at radius 3 is 2.47 bits per heavy atom. The first-order valence-corrected chi connectivity index (χ1v) is 13.2. The van der Waals surface area contributed by atoms with E-state index in [-0.39, 0.29) is 23.3 Å². The lowest BCUT2D eigenvalue weighted by Crippen LogP contribution is -2.53. The summed E-state index contributed by atoms with van der Waals surface area (Å²) in [5, 5.41) is 10.1. The maximum atomic E-state index is 13.3. The average Bonchev–Trinajstić information content (AvgIpc) is 3.17. The highest BCUT2D eigenvalue weighted by molar-refractivity contribution is 6.12. The van der Waals surface area contributed by atoms with Crippen LogP contribution in [-0.2, 0) is 9.53 Å². The molecule has 5 rings (SSSR count). The highest BCUT2D eigenvalue weighted by Crippen LogP contribution is 2.67. The lowest BCUT2D eigenvalue weighted by molar-refractivity contribution is -0.158. The van der Waals surface area contributed by atoms with Crippen LogP contribution >= 0.6 is 0 Å². The first kappa shape index (κ1) is 23.3. The zero-order chi connectivity index (χ0) is 24.1. The van der Waals surface area contributed by atoms with E-state index < -0.39 is 0 Å². The third kappa shape index (κ3) is 3.63. The van der Waals surface area contributed by atoms with Crippen LogP contribution in [0.3, 0.4) is 0 Å². The van der Waals surface area contributed by atoms with Gasteiger partial charge in [-0.1, -0.05) is 44.2 Å². The Morgan fingerprint density at radius 1 is 1.00 bits per heavy atom. The van der Waals surface area contributed by atoms with E-state index in [1.165, 1.54) is 26.2 Å². The predicted octanol–water partition coefficient (Wildman–Crippen LogP) is 6.66. The number of ether oxygens (including phenoxy) is 1. The standard InChI is InChI=1S/C30H37NO3/c1-19(32)34-22-13-15-29(2)21(17-22)9-10-23-25-11-12-26(30(25,3)16-14-27(23)29)24(18-31)28(33)20-7-5-4-6-8-20/h4-8,21-23,25,27H,9-17H2,1-3H3/b26-24-/t21-,22-,23-,25-,27-,29-,30-/m0/s1. The van der Waals surface area contributed by atoms with Crippen LogP contribution in [0.5, 0.6) is 0 Å². The second-order valence-corrected chi connectivity index (χ2v) is 11.8. The van der Waals surface area contributed by atoms with Crippen molar-refractivity contribution in [3.8, 4) is 6.07 Å². The Kier molecular flexibility index (Phi) is 5.95. The Morgan fingerprint density at radius 2 is 1.76 bits per heavy atom. The molecular weight excluding hydrogens is 422 g/mol. The molecule has 0 aromatic heterocycles. The lowest BCUT2D eigenvalue weighted by atomic mass is 9.45. The van der Waals surface area contributed by atoms with Gasteiger partial charge < -0.3 is 4.74 Å². The zero-order valence-corrected chi connectivity index (χ0v) is 20.8. The van der Waals surface area contributed by atoms with E-state index in [1.54, 1.807) is 0 Å². The van der Waals surface area contributed by atoms with Crippen molar-refractivity contribution in [3.05, 3.63) is 47.0 Å². The number of fused-ring (bicyclic) bond motifs is 5. The number of carbonyl (C=O) groups excluding carboxylic acids is 2. The molecule has 0 aliphatic heterocycles. The number of hydrogen-bond acceptors (Lipinski definition) is 4. The number of benzene rings is 1. The minimum Gasteiger partial charge on any atom is -0.463 e. The molecule has 0 spiro atoms. The molecule has 180 valence electrons. The molecule has 0 amide bonds. The number of ketones is 1. The van der Waals surface area contributed by atoms with Gasteiger partial charge in [-0.25, -0.2) is 0 Å². The first-order valence-electron chi connectivity index (χ1n) is 13.2. The third-order valence-corrected chi connectivity index (χ3v) is 10.4. The van der Waals surface area contributed by atoms with Crippen molar-refractivity contribution < 1.29 is 14.3 Å². The molecule has 0 bridgehead atoms. The number of nitrogens with zero attached hydrogens (tertiary/aromatic N) is 1. The Labute approximate surface area is 203 Å². The van der Waals surface area contributed by atoms with E-state index in [2.05, 4.69) is 19.9 Å². The molecule has 0 heterocycles. The van der Waals surface area contributed by atoms with Crippen molar-refractivity contribution in [3.63, 3.8) is 0 Å². The van der Waals surface area contributed by atoms with Gasteiger partial charge in [-0.2, -0.15) is 5.26 Å². The number of hydrogen-bond donors (Lipinski definition) is 0. The van der Waals surface area contributed by atoms with Crippen molar-refractivity contribution in [2.75, 3.05) is 0 Å². The molecule has 4 heteroatoms. The third-order valence-electron chi connectivity index (χ3n) is 10.4. The highest BCUT2D eigenvalue weighted by Gasteiger charge is 2.59. The summed E-state index contributed by atoms with van der Waals surface area (Å²) in [6.45, 7) is 6.38. The minimum atomic E-state index is -0.153. The maximum absolute atomic E-state index is 13.3. The summed E-state index contributed by atoms with van der Waals surface area (Å²) < 4.78 is 5.61. The fourth-order valence-corrected chi connectivity index (χ4v) is 8.77. The van der Waals surface area contributed by atoms with Crippen LogP contribution in [0.1, 0.15) is 88.9 Å². The number of esters is 1. The number of carbonyl (C=O) groups is 2. The Hall–Kier alpha value is -2.41. The van der Waals surface area contributed by atoms with E-state index in [9.17, 15) is 14.9 Å². The fourth-order valence-electron chi connectivity index (χ4n) is 8.77. The van der Waals surface area contributed by atoms with Crippen molar-refractivity contribution in [1.29, 1.82) is 5.26 Å². The summed E-state index contributed by atoms with van der Waals surface area (Å²) in [4.78, 5) is 24.8. The van der Waals surface area contributed by atoms with Crippen LogP contribution in [0.4, 0.5) is 0 Å². The van der Waals surface area contributed by atoms with Crippen molar-refractivity contribution >= 4 is 11.8 Å². The van der Waals surface area contributed by atoms with Crippen molar-refractivity contribution in [1.82, 2.24) is 0 Å². The molecule has 7 atom stereocenters. The fraction of sp³-hybridized carbons (Fsp3) is 0.633. The van der Waals surface area contributed by atoms with Gasteiger partial charge >= 0.3 is 5.97 Å². The molecule has 4 saturated carbocycles. The SMILES string of the molecule is CC(=O)O[C@H]1CC[C@@]2(C)[C@@H](CC[C@@H]3[C@@H]2CC[C@]2(C)/C(=C(/C#N)C(=O)c4ccccc4)CC[C@@H]32)C1. The maximum Gasteiger partial charge on any atom is 0.302 e. The second-order valence-electron chi connectivity index (χ2n) is 11.8. The molecule has 1 aromatic rings. The second kappa shape index (κ2) is 8.67. The van der Waals surface area contributed by atoms with Crippen molar-refractivity contribution in [2.45, 2.75) is 84.7 Å². The molecule has 4 nitrogen and oxygen atoms in total. The van der Waals surface area contributed by atoms with Gasteiger partial charge in [0.1, 0.15) is 12.2 Å². The topological polar surface area (TPSA) is 67.2 Å². The van der Waals surface area contributed by atoms with E-state index in [0.29, 0.717) is 40.2 Å². The molecule has 0 N–H and O–H groups in total. The molecule has 4 fully saturated rings. The number of nitriles is 1. The van der Waals surface area contributed by atoms with Gasteiger partial charge in [0.2, 0.25) is 5.78 Å². The molecule has 0 unspecified atom stereocenters. The molecule has 0 saturated heterocycles. The van der Waals surface area contributed by atoms with Crippen LogP contribution in [0, 0.1) is 45.8 Å². The Balaban J connectivity index is 1.41. The van der Waals surface area contributed by atoms with Gasteiger partial charge in [0.25, 0.3) is 0 Å². The lowest BCUT2D eigenvalue weighted by Gasteiger charge is -2.60. The van der Waals surface area contributed by atoms with E-state index in [0.717, 1.165) is 44.1 Å². The highest BCUT2D eigenvalue weighted by atomic mass is 16.5. The van der Waals surface area contributed by atoms with Gasteiger partial charge in [0.15, 0.2) is 0 Å². The van der Waals surface area contributed by atoms with Crippen LogP contribution in [0.25, 0.3) is 0 Å². The van der Waals surface area contributed by atoms with Crippen molar-refractivity contribution in [2.24, 2.45) is 34.5 Å². The number of allylic oxidation sites excluding steroid dienone is 2. The molecule has 4 aliphatic carbocycles. The van der Waals surface area contributed by atoms with Gasteiger partial charge in [0, 0.05) is 12.5 Å². The summed E-state index contributed by atoms with van der Waals surface area (Å²) >= 11 is 0. The number of rotatable bonds is 3. The molecular formula is C30H37NO3. The van der Waals surface area contributed by atoms with E-state index >= 15 is 0 Å². The minimum absolute atomic E-state index is 0.0468. The molecule has 0 radical (unpaired) electrons. The first-order chi connectivity index (χ1) is 16.3. The van der Waals surface area contributed by atoms with Gasteiger partial charge in [-0.05, 0) is 97.9 Å². The Bertz CT molecular complexity index is 1050. The monoisotopic (exact) mass is 459 g/mol. The van der Waals surface area contributed by atoms with Crippen LogP contribution < -0.4 is 0 Å². The van der Waals surface area contributed by atoms with E-state index in [1.807, 2.05) is 30.3 Å². The summed E-state index contributed by atoms with van der Waals surface area (Å²) in [5.41, 5.74) is 2.40. The zero-order valence-electron chi connectivity index (χ0n) is 20.8. The normalized spacial score (nSPS) is 40.2. The summed E-state index contributed by atoms with van der Waals surface area (Å²) in [7, 11) is 0. The number of Topliss-reactive ketones (excluding diaryl/α,β-unsaturated/α-hetero) is 1. The smallest absolute Gasteiger partial charge is 0.302 e. The average molecular weight is 460 g/mol. The molecule has 1 aromatic carbocycles. The van der Waals surface area contributed by atoms with Crippen LogP contribution in [-0.4, -0.2) is 17.9 Å². The van der Waals surface area contributed by atoms with Crippen LogP contribution in [0.2, 0.25) is 0 Å². The molecule has 34 heavy (non-hydrogen) atoms. The largest absolute Gasteiger partial charge is 0.463 e. The summed E-state index contributed by atoms with van der Waals surface area (Å²) in [6, 6.07) is 11.6. The summed E-state index contributed by atoms with van der Waals surface area (Å²) in [6.07, 6.45) is 9.85.